The molecule has 4 rings (SSSR count). The minimum atomic E-state index is -0.117. The zero-order chi connectivity index (χ0) is 17.9. The average molecular weight is 349 g/mol. The van der Waals surface area contributed by atoms with Gasteiger partial charge in [0.15, 0.2) is 5.82 Å². The molecule has 3 aromatic rings. The van der Waals surface area contributed by atoms with Gasteiger partial charge in [0.25, 0.3) is 0 Å². The number of oxime groups is 1. The van der Waals surface area contributed by atoms with E-state index >= 15 is 0 Å². The predicted octanol–water partition coefficient (Wildman–Crippen LogP) is 3.13. The molecule has 132 valence electrons. The highest BCUT2D eigenvalue weighted by Crippen LogP contribution is 2.29. The van der Waals surface area contributed by atoms with Crippen LogP contribution in [0.2, 0.25) is 0 Å². The van der Waals surface area contributed by atoms with Gasteiger partial charge in [0.1, 0.15) is 5.84 Å². The first-order valence-electron chi connectivity index (χ1n) is 8.55. The monoisotopic (exact) mass is 349 g/mol. The van der Waals surface area contributed by atoms with Gasteiger partial charge >= 0.3 is 0 Å². The summed E-state index contributed by atoms with van der Waals surface area (Å²) in [6.45, 7) is 0.804. The zero-order valence-corrected chi connectivity index (χ0v) is 14.1. The van der Waals surface area contributed by atoms with Crippen LogP contribution in [0.1, 0.15) is 18.4 Å². The quantitative estimate of drug-likeness (QED) is 0.498. The number of nitrogens with one attached hydrogen (secondary N) is 2. The summed E-state index contributed by atoms with van der Waals surface area (Å²) in [6.07, 6.45) is 1.99. The van der Waals surface area contributed by atoms with Crippen molar-refractivity contribution in [2.75, 3.05) is 16.8 Å². The highest BCUT2D eigenvalue weighted by Gasteiger charge is 2.21. The van der Waals surface area contributed by atoms with E-state index in [0.717, 1.165) is 41.5 Å². The number of carbonyl (C=O) groups is 1. The lowest BCUT2D eigenvalue weighted by atomic mass is 10.1. The summed E-state index contributed by atoms with van der Waals surface area (Å²) in [7, 11) is 0. The number of aromatic nitrogens is 2. The van der Waals surface area contributed by atoms with E-state index in [2.05, 4.69) is 20.7 Å². The first kappa shape index (κ1) is 16.1. The maximum absolute atomic E-state index is 12.3. The number of rotatable bonds is 4. The van der Waals surface area contributed by atoms with Crippen LogP contribution >= 0.6 is 0 Å². The summed E-state index contributed by atoms with van der Waals surface area (Å²) in [4.78, 5) is 14.3. The molecular weight excluding hydrogens is 330 g/mol. The third kappa shape index (κ3) is 3.11. The summed E-state index contributed by atoms with van der Waals surface area (Å²) in [5, 5.41) is 23.4. The predicted molar refractivity (Wildman–Crippen MR) is 101 cm³/mol. The molecule has 0 saturated carbocycles. The van der Waals surface area contributed by atoms with Gasteiger partial charge in [-0.1, -0.05) is 35.5 Å². The Morgan fingerprint density at radius 2 is 2.12 bits per heavy atom. The number of hydrogen-bond donors (Lipinski definition) is 3. The summed E-state index contributed by atoms with van der Waals surface area (Å²) in [6, 6.07) is 15.4. The Labute approximate surface area is 150 Å². The lowest BCUT2D eigenvalue weighted by Crippen LogP contribution is -2.24. The third-order valence-corrected chi connectivity index (χ3v) is 4.53. The molecule has 3 N–H and O–H groups in total. The number of anilines is 2. The zero-order valence-electron chi connectivity index (χ0n) is 14.1. The van der Waals surface area contributed by atoms with Crippen LogP contribution in [0, 0.1) is 0 Å². The Bertz CT molecular complexity index is 964. The van der Waals surface area contributed by atoms with Gasteiger partial charge in [-0.3, -0.25) is 9.89 Å². The van der Waals surface area contributed by atoms with E-state index in [1.807, 2.05) is 53.4 Å². The molecule has 0 atom stereocenters. The molecule has 7 nitrogen and oxygen atoms in total. The van der Waals surface area contributed by atoms with E-state index in [4.69, 9.17) is 5.21 Å². The second-order valence-corrected chi connectivity index (χ2v) is 6.28. The molecule has 0 spiro atoms. The van der Waals surface area contributed by atoms with E-state index in [-0.39, 0.29) is 5.91 Å². The van der Waals surface area contributed by atoms with Crippen molar-refractivity contribution in [2.24, 2.45) is 5.16 Å². The van der Waals surface area contributed by atoms with E-state index < -0.39 is 0 Å². The molecule has 26 heavy (non-hydrogen) atoms. The lowest BCUT2D eigenvalue weighted by Gasteiger charge is -2.17. The van der Waals surface area contributed by atoms with Gasteiger partial charge in [0.2, 0.25) is 5.91 Å². The van der Waals surface area contributed by atoms with Gasteiger partial charge in [-0.2, -0.15) is 5.10 Å². The Morgan fingerprint density at radius 1 is 1.27 bits per heavy atom. The standard InChI is InChI=1S/C19H19N5O2/c25-18(11-13-5-2-1-3-6-13)20-19-15-12-14(8-9-16(15)21-22-19)24-10-4-7-17(24)23-26/h1-3,5-6,8-9,12,26H,4,7,10-11H2,(H2,20,21,22,25). The van der Waals surface area contributed by atoms with Crippen molar-refractivity contribution >= 4 is 34.2 Å². The fourth-order valence-corrected chi connectivity index (χ4v) is 3.26. The van der Waals surface area contributed by atoms with E-state index in [1.165, 1.54) is 0 Å². The van der Waals surface area contributed by atoms with Crippen molar-refractivity contribution in [3.05, 3.63) is 54.1 Å². The summed E-state index contributed by atoms with van der Waals surface area (Å²) < 4.78 is 0. The number of amidine groups is 1. The lowest BCUT2D eigenvalue weighted by molar-refractivity contribution is -0.115. The summed E-state index contributed by atoms with van der Waals surface area (Å²) in [5.74, 6) is 1.04. The van der Waals surface area contributed by atoms with Crippen LogP contribution in [0.15, 0.2) is 53.7 Å². The van der Waals surface area contributed by atoms with Crippen LogP contribution in [0.4, 0.5) is 11.5 Å². The van der Waals surface area contributed by atoms with Crippen molar-refractivity contribution in [3.63, 3.8) is 0 Å². The molecule has 1 aliphatic rings. The first-order valence-corrected chi connectivity index (χ1v) is 8.55. The maximum atomic E-state index is 12.3. The Hall–Kier alpha value is -3.35. The molecule has 2 aromatic carbocycles. The highest BCUT2D eigenvalue weighted by molar-refractivity contribution is 6.04. The van der Waals surface area contributed by atoms with Crippen LogP contribution in [0.5, 0.6) is 0 Å². The van der Waals surface area contributed by atoms with Crippen LogP contribution in [0.25, 0.3) is 10.9 Å². The van der Waals surface area contributed by atoms with Crippen molar-refractivity contribution in [2.45, 2.75) is 19.3 Å². The first-order chi connectivity index (χ1) is 12.7. The fraction of sp³-hybridized carbons (Fsp3) is 0.211. The minimum Gasteiger partial charge on any atom is -0.409 e. The number of aromatic amines is 1. The number of benzene rings is 2. The van der Waals surface area contributed by atoms with Gasteiger partial charge < -0.3 is 15.4 Å². The molecule has 1 aliphatic heterocycles. The van der Waals surface area contributed by atoms with E-state index in [9.17, 15) is 4.79 Å². The number of fused-ring (bicyclic) bond motifs is 1. The van der Waals surface area contributed by atoms with Crippen LogP contribution < -0.4 is 10.2 Å². The topological polar surface area (TPSA) is 93.6 Å². The Morgan fingerprint density at radius 3 is 2.92 bits per heavy atom. The molecule has 0 unspecified atom stereocenters. The Kier molecular flexibility index (Phi) is 4.27. The maximum Gasteiger partial charge on any atom is 0.230 e. The fourth-order valence-electron chi connectivity index (χ4n) is 3.26. The van der Waals surface area contributed by atoms with Crippen LogP contribution in [-0.4, -0.2) is 33.7 Å². The molecule has 1 aromatic heterocycles. The van der Waals surface area contributed by atoms with Crippen LogP contribution in [-0.2, 0) is 11.2 Å². The molecule has 1 amide bonds. The summed E-state index contributed by atoms with van der Waals surface area (Å²) >= 11 is 0. The molecule has 0 aliphatic carbocycles. The average Bonchev–Trinajstić information content (AvgIpc) is 3.29. The number of nitrogens with zero attached hydrogens (tertiary/aromatic N) is 3. The third-order valence-electron chi connectivity index (χ3n) is 4.53. The van der Waals surface area contributed by atoms with Crippen molar-refractivity contribution < 1.29 is 10.0 Å². The van der Waals surface area contributed by atoms with E-state index in [0.29, 0.717) is 18.1 Å². The number of hydrogen-bond acceptors (Lipinski definition) is 4. The van der Waals surface area contributed by atoms with Crippen molar-refractivity contribution in [1.29, 1.82) is 0 Å². The van der Waals surface area contributed by atoms with Crippen molar-refractivity contribution in [3.8, 4) is 0 Å². The molecule has 1 fully saturated rings. The molecular formula is C19H19N5O2. The van der Waals surface area contributed by atoms with Crippen molar-refractivity contribution in [1.82, 2.24) is 10.2 Å². The largest absolute Gasteiger partial charge is 0.409 e. The minimum absolute atomic E-state index is 0.117. The van der Waals surface area contributed by atoms with Gasteiger partial charge in [0, 0.05) is 24.0 Å². The van der Waals surface area contributed by atoms with Crippen LogP contribution in [0.3, 0.4) is 0 Å². The summed E-state index contributed by atoms with van der Waals surface area (Å²) in [5.41, 5.74) is 2.71. The Balaban J connectivity index is 1.58. The molecule has 1 saturated heterocycles. The molecule has 2 heterocycles. The second-order valence-electron chi connectivity index (χ2n) is 6.28. The highest BCUT2D eigenvalue weighted by atomic mass is 16.4. The van der Waals surface area contributed by atoms with Gasteiger partial charge in [-0.25, -0.2) is 0 Å². The van der Waals surface area contributed by atoms with Gasteiger partial charge in [-0.15, -0.1) is 0 Å². The molecule has 0 bridgehead atoms. The molecule has 7 heteroatoms. The number of carbonyl (C=O) groups excluding carboxylic acids is 1. The normalized spacial score (nSPS) is 15.7. The van der Waals surface area contributed by atoms with Gasteiger partial charge in [-0.05, 0) is 30.2 Å². The SMILES string of the molecule is O=C(Cc1ccccc1)Nc1n[nH]c2ccc(N3CCCC3=NO)cc12. The second kappa shape index (κ2) is 6.87. The van der Waals surface area contributed by atoms with E-state index in [1.54, 1.807) is 0 Å². The van der Waals surface area contributed by atoms with Gasteiger partial charge in [0.05, 0.1) is 11.9 Å². The number of amides is 1. The molecule has 0 radical (unpaired) electrons. The number of H-pyrrole nitrogens is 1. The smallest absolute Gasteiger partial charge is 0.230 e.